The molecule has 0 unspecified atom stereocenters. The lowest BCUT2D eigenvalue weighted by Gasteiger charge is -2.23. The summed E-state index contributed by atoms with van der Waals surface area (Å²) < 4.78 is 0. The normalized spacial score (nSPS) is 17.1. The molecule has 1 saturated heterocycles. The number of hydrogen-bond donors (Lipinski definition) is 4. The summed E-state index contributed by atoms with van der Waals surface area (Å²) in [6, 6.07) is 8.46. The van der Waals surface area contributed by atoms with Crippen LogP contribution in [0.1, 0.15) is 22.5 Å². The lowest BCUT2D eigenvalue weighted by Crippen LogP contribution is -2.45. The molecule has 1 aliphatic rings. The number of hydrogen-bond acceptors (Lipinski definition) is 4. The van der Waals surface area contributed by atoms with Crippen molar-refractivity contribution in [2.75, 3.05) is 18.4 Å². The Kier molecular flexibility index (Phi) is 5.57. The van der Waals surface area contributed by atoms with Crippen LogP contribution in [0.4, 0.5) is 10.5 Å². The van der Waals surface area contributed by atoms with Crippen molar-refractivity contribution in [3.8, 4) is 10.4 Å². The lowest BCUT2D eigenvalue weighted by molar-refractivity contribution is 0.0935. The number of anilines is 1. The highest BCUT2D eigenvalue weighted by atomic mass is 35.5. The highest BCUT2D eigenvalue weighted by Gasteiger charge is 2.22. The maximum Gasteiger partial charge on any atom is 0.316 e. The number of benzene rings is 1. The summed E-state index contributed by atoms with van der Waals surface area (Å²) >= 11 is 7.34. The van der Waals surface area contributed by atoms with Gasteiger partial charge in [-0.25, -0.2) is 4.79 Å². The van der Waals surface area contributed by atoms with Crippen molar-refractivity contribution in [2.24, 2.45) is 5.73 Å². The summed E-state index contributed by atoms with van der Waals surface area (Å²) in [4.78, 5) is 25.2. The van der Waals surface area contributed by atoms with E-state index in [4.69, 9.17) is 17.3 Å². The average molecular weight is 379 g/mol. The second-order valence-corrected chi connectivity index (χ2v) is 7.36. The van der Waals surface area contributed by atoms with Gasteiger partial charge in [-0.3, -0.25) is 4.79 Å². The van der Waals surface area contributed by atoms with Crippen LogP contribution in [0.2, 0.25) is 5.02 Å². The van der Waals surface area contributed by atoms with Gasteiger partial charge in [0.1, 0.15) is 4.88 Å². The fourth-order valence-electron chi connectivity index (χ4n) is 2.80. The molecule has 0 saturated carbocycles. The number of piperidine rings is 1. The molecule has 132 valence electrons. The van der Waals surface area contributed by atoms with Crippen molar-refractivity contribution in [2.45, 2.75) is 18.9 Å². The number of rotatable bonds is 4. The van der Waals surface area contributed by atoms with Crippen LogP contribution in [0.25, 0.3) is 10.4 Å². The zero-order chi connectivity index (χ0) is 17.8. The SMILES string of the molecule is NC(=O)Nc1cc(-c2cccc(Cl)c2)sc1C(=O)N[C@H]1CCCNC1. The molecule has 2 aromatic rings. The minimum atomic E-state index is -0.705. The molecule has 0 bridgehead atoms. The van der Waals surface area contributed by atoms with Crippen molar-refractivity contribution < 1.29 is 9.59 Å². The van der Waals surface area contributed by atoms with Gasteiger partial charge < -0.3 is 21.7 Å². The summed E-state index contributed by atoms with van der Waals surface area (Å²) in [6.45, 7) is 1.72. The molecule has 1 aromatic carbocycles. The molecular weight excluding hydrogens is 360 g/mol. The van der Waals surface area contributed by atoms with Crippen molar-refractivity contribution in [3.63, 3.8) is 0 Å². The molecule has 3 rings (SSSR count). The molecule has 3 amide bonds. The van der Waals surface area contributed by atoms with Crippen LogP contribution in [0.3, 0.4) is 0 Å². The van der Waals surface area contributed by atoms with Crippen LogP contribution in [-0.4, -0.2) is 31.1 Å². The summed E-state index contributed by atoms with van der Waals surface area (Å²) in [5.41, 5.74) is 6.53. The Morgan fingerprint density at radius 3 is 2.84 bits per heavy atom. The Balaban J connectivity index is 1.87. The smallest absolute Gasteiger partial charge is 0.316 e. The first-order chi connectivity index (χ1) is 12.0. The quantitative estimate of drug-likeness (QED) is 0.658. The molecule has 1 aromatic heterocycles. The van der Waals surface area contributed by atoms with E-state index in [9.17, 15) is 9.59 Å². The van der Waals surface area contributed by atoms with Crippen molar-refractivity contribution >= 4 is 40.6 Å². The molecule has 5 N–H and O–H groups in total. The highest BCUT2D eigenvalue weighted by molar-refractivity contribution is 7.18. The molecule has 0 spiro atoms. The third-order valence-corrected chi connectivity index (χ3v) is 5.36. The Hall–Kier alpha value is -2.09. The summed E-state index contributed by atoms with van der Waals surface area (Å²) in [7, 11) is 0. The minimum Gasteiger partial charge on any atom is -0.351 e. The molecule has 2 heterocycles. The van der Waals surface area contributed by atoms with Gasteiger partial charge in [0, 0.05) is 22.5 Å². The van der Waals surface area contributed by atoms with Crippen molar-refractivity contribution in [3.05, 3.63) is 40.2 Å². The number of primary amides is 1. The molecule has 0 aliphatic carbocycles. The van der Waals surface area contributed by atoms with E-state index in [1.54, 1.807) is 12.1 Å². The molecule has 8 heteroatoms. The van der Waals surface area contributed by atoms with E-state index in [2.05, 4.69) is 16.0 Å². The van der Waals surface area contributed by atoms with Gasteiger partial charge in [0.05, 0.1) is 5.69 Å². The van der Waals surface area contributed by atoms with Crippen LogP contribution in [0.5, 0.6) is 0 Å². The number of thiophene rings is 1. The van der Waals surface area contributed by atoms with Gasteiger partial charge in [-0.2, -0.15) is 0 Å². The number of amides is 3. The van der Waals surface area contributed by atoms with Gasteiger partial charge in [0.25, 0.3) is 5.91 Å². The van der Waals surface area contributed by atoms with Gasteiger partial charge in [-0.15, -0.1) is 11.3 Å². The van der Waals surface area contributed by atoms with E-state index in [0.29, 0.717) is 15.6 Å². The van der Waals surface area contributed by atoms with E-state index in [1.807, 2.05) is 18.2 Å². The standard InChI is InChI=1S/C17H19ClN4O2S/c18-11-4-1-3-10(7-11)14-8-13(22-17(19)24)15(25-14)16(23)21-12-5-2-6-20-9-12/h1,3-4,7-8,12,20H,2,5-6,9H2,(H,21,23)(H3,19,22,24)/t12-/m0/s1. The Morgan fingerprint density at radius 1 is 1.32 bits per heavy atom. The second-order valence-electron chi connectivity index (χ2n) is 5.87. The summed E-state index contributed by atoms with van der Waals surface area (Å²) in [5, 5.41) is 9.42. The van der Waals surface area contributed by atoms with E-state index in [-0.39, 0.29) is 11.9 Å². The van der Waals surface area contributed by atoms with Crippen LogP contribution < -0.4 is 21.7 Å². The Morgan fingerprint density at radius 2 is 2.16 bits per heavy atom. The number of nitrogens with two attached hydrogens (primary N) is 1. The molecule has 1 atom stereocenters. The zero-order valence-electron chi connectivity index (χ0n) is 13.5. The lowest BCUT2D eigenvalue weighted by atomic mass is 10.1. The maximum atomic E-state index is 12.7. The second kappa shape index (κ2) is 7.86. The third-order valence-electron chi connectivity index (χ3n) is 3.94. The van der Waals surface area contributed by atoms with E-state index in [0.717, 1.165) is 36.4 Å². The summed E-state index contributed by atoms with van der Waals surface area (Å²) in [5.74, 6) is -0.212. The van der Waals surface area contributed by atoms with E-state index in [1.165, 1.54) is 11.3 Å². The third kappa shape index (κ3) is 4.50. The first-order valence-electron chi connectivity index (χ1n) is 8.01. The molecule has 6 nitrogen and oxygen atoms in total. The largest absolute Gasteiger partial charge is 0.351 e. The average Bonchev–Trinajstić information content (AvgIpc) is 2.99. The number of carbonyl (C=O) groups excluding carboxylic acids is 2. The molecule has 1 fully saturated rings. The Bertz CT molecular complexity index is 787. The fourth-order valence-corrected chi connectivity index (χ4v) is 4.00. The van der Waals surface area contributed by atoms with E-state index >= 15 is 0 Å². The summed E-state index contributed by atoms with van der Waals surface area (Å²) in [6.07, 6.45) is 1.96. The monoisotopic (exact) mass is 378 g/mol. The maximum absolute atomic E-state index is 12.7. The predicted molar refractivity (Wildman–Crippen MR) is 101 cm³/mol. The van der Waals surface area contributed by atoms with Gasteiger partial charge >= 0.3 is 6.03 Å². The fraction of sp³-hybridized carbons (Fsp3) is 0.294. The molecule has 0 radical (unpaired) electrons. The number of urea groups is 1. The van der Waals surface area contributed by atoms with Crippen molar-refractivity contribution in [1.29, 1.82) is 0 Å². The van der Waals surface area contributed by atoms with Crippen LogP contribution in [-0.2, 0) is 0 Å². The first-order valence-corrected chi connectivity index (χ1v) is 9.20. The van der Waals surface area contributed by atoms with Gasteiger partial charge in [-0.1, -0.05) is 23.7 Å². The Labute approximate surface area is 154 Å². The first kappa shape index (κ1) is 17.7. The molecular formula is C17H19ClN4O2S. The minimum absolute atomic E-state index is 0.0828. The van der Waals surface area contributed by atoms with Gasteiger partial charge in [-0.05, 0) is 43.1 Å². The predicted octanol–water partition coefficient (Wildman–Crippen LogP) is 3.04. The van der Waals surface area contributed by atoms with E-state index < -0.39 is 6.03 Å². The number of halogens is 1. The highest BCUT2D eigenvalue weighted by Crippen LogP contribution is 2.35. The topological polar surface area (TPSA) is 96.2 Å². The number of carbonyl (C=O) groups is 2. The van der Waals surface area contributed by atoms with Crippen LogP contribution in [0.15, 0.2) is 30.3 Å². The molecule has 1 aliphatic heterocycles. The van der Waals surface area contributed by atoms with Gasteiger partial charge in [0.15, 0.2) is 0 Å². The van der Waals surface area contributed by atoms with Crippen LogP contribution in [0, 0.1) is 0 Å². The van der Waals surface area contributed by atoms with Gasteiger partial charge in [0.2, 0.25) is 0 Å². The van der Waals surface area contributed by atoms with Crippen molar-refractivity contribution in [1.82, 2.24) is 10.6 Å². The molecule has 25 heavy (non-hydrogen) atoms. The number of nitrogens with one attached hydrogen (secondary N) is 3. The zero-order valence-corrected chi connectivity index (χ0v) is 15.0. The van der Waals surface area contributed by atoms with Crippen LogP contribution >= 0.6 is 22.9 Å².